The molecule has 18 heavy (non-hydrogen) atoms. The van der Waals surface area contributed by atoms with Crippen molar-refractivity contribution in [2.24, 2.45) is 11.7 Å². The molecule has 0 aromatic carbocycles. The number of hydrogen-bond donors (Lipinski definition) is 1. The van der Waals surface area contributed by atoms with E-state index in [2.05, 4.69) is 31.2 Å². The molecule has 2 rings (SSSR count). The van der Waals surface area contributed by atoms with Crippen molar-refractivity contribution >= 4 is 6.08 Å². The highest BCUT2D eigenvalue weighted by Crippen LogP contribution is 2.30. The van der Waals surface area contributed by atoms with Gasteiger partial charge in [-0.3, -0.25) is 4.68 Å². The maximum absolute atomic E-state index is 5.92. The lowest BCUT2D eigenvalue weighted by molar-refractivity contribution is 0.401. The van der Waals surface area contributed by atoms with Crippen molar-refractivity contribution in [3.05, 3.63) is 23.5 Å². The van der Waals surface area contributed by atoms with E-state index in [4.69, 9.17) is 5.73 Å². The van der Waals surface area contributed by atoms with Crippen LogP contribution in [0.4, 0.5) is 0 Å². The minimum absolute atomic E-state index is 0.420. The Labute approximate surface area is 110 Å². The molecular weight excluding hydrogens is 222 g/mol. The van der Waals surface area contributed by atoms with Crippen LogP contribution in [-0.2, 0) is 0 Å². The average molecular weight is 247 g/mol. The number of nitrogens with two attached hydrogens (primary N) is 1. The molecule has 0 saturated heterocycles. The molecule has 1 heterocycles. The van der Waals surface area contributed by atoms with E-state index in [1.165, 1.54) is 43.2 Å². The second-order valence-corrected chi connectivity index (χ2v) is 5.61. The summed E-state index contributed by atoms with van der Waals surface area (Å²) >= 11 is 0. The Morgan fingerprint density at radius 2 is 2.17 bits per heavy atom. The largest absolute Gasteiger partial charge is 0.327 e. The SMILES string of the molecule is CC(C)n1cc(/C=C(/CN)C2CCCCC2)cn1. The first-order valence-corrected chi connectivity index (χ1v) is 7.15. The number of nitrogens with zero attached hydrogens (tertiary/aromatic N) is 2. The molecule has 0 atom stereocenters. The van der Waals surface area contributed by atoms with Crippen LogP contribution in [0.2, 0.25) is 0 Å². The van der Waals surface area contributed by atoms with Crippen LogP contribution in [0.3, 0.4) is 0 Å². The monoisotopic (exact) mass is 247 g/mol. The van der Waals surface area contributed by atoms with E-state index in [1.54, 1.807) is 0 Å². The Kier molecular flexibility index (Phi) is 4.59. The van der Waals surface area contributed by atoms with Crippen LogP contribution in [0.5, 0.6) is 0 Å². The number of rotatable bonds is 4. The van der Waals surface area contributed by atoms with Gasteiger partial charge in [-0.25, -0.2) is 0 Å². The molecule has 0 spiro atoms. The third-order valence-corrected chi connectivity index (χ3v) is 3.87. The van der Waals surface area contributed by atoms with Gasteiger partial charge in [0.2, 0.25) is 0 Å². The van der Waals surface area contributed by atoms with Crippen molar-refractivity contribution in [1.82, 2.24) is 9.78 Å². The van der Waals surface area contributed by atoms with Crippen LogP contribution in [0.1, 0.15) is 57.6 Å². The molecule has 3 heteroatoms. The van der Waals surface area contributed by atoms with Gasteiger partial charge in [0.25, 0.3) is 0 Å². The van der Waals surface area contributed by atoms with Crippen LogP contribution < -0.4 is 5.73 Å². The highest BCUT2D eigenvalue weighted by molar-refractivity contribution is 5.52. The fourth-order valence-corrected chi connectivity index (χ4v) is 2.74. The molecule has 2 N–H and O–H groups in total. The first-order chi connectivity index (χ1) is 8.70. The lowest BCUT2D eigenvalue weighted by atomic mass is 9.83. The Morgan fingerprint density at radius 3 is 2.72 bits per heavy atom. The van der Waals surface area contributed by atoms with Crippen LogP contribution in [-0.4, -0.2) is 16.3 Å². The molecule has 1 aliphatic rings. The smallest absolute Gasteiger partial charge is 0.0562 e. The highest BCUT2D eigenvalue weighted by atomic mass is 15.3. The second-order valence-electron chi connectivity index (χ2n) is 5.61. The zero-order chi connectivity index (χ0) is 13.0. The summed E-state index contributed by atoms with van der Waals surface area (Å²) in [5.41, 5.74) is 8.51. The van der Waals surface area contributed by atoms with E-state index < -0.39 is 0 Å². The Bertz CT molecular complexity index is 398. The summed E-state index contributed by atoms with van der Waals surface area (Å²) in [6.07, 6.45) is 13.0. The predicted molar refractivity (Wildman–Crippen MR) is 76.2 cm³/mol. The summed E-state index contributed by atoms with van der Waals surface area (Å²) in [5, 5.41) is 4.38. The van der Waals surface area contributed by atoms with E-state index in [-0.39, 0.29) is 0 Å². The highest BCUT2D eigenvalue weighted by Gasteiger charge is 2.16. The summed E-state index contributed by atoms with van der Waals surface area (Å²) in [6, 6.07) is 0.420. The lowest BCUT2D eigenvalue weighted by Gasteiger charge is -2.23. The summed E-state index contributed by atoms with van der Waals surface area (Å²) in [5.74, 6) is 0.700. The van der Waals surface area contributed by atoms with E-state index in [0.717, 1.165) is 0 Å². The molecule has 1 aromatic rings. The van der Waals surface area contributed by atoms with Crippen LogP contribution in [0.25, 0.3) is 6.08 Å². The molecule has 1 aromatic heterocycles. The maximum Gasteiger partial charge on any atom is 0.0562 e. The normalized spacial score (nSPS) is 18.6. The van der Waals surface area contributed by atoms with E-state index >= 15 is 0 Å². The summed E-state index contributed by atoms with van der Waals surface area (Å²) in [6.45, 7) is 4.97. The molecule has 0 radical (unpaired) electrons. The molecule has 100 valence electrons. The van der Waals surface area contributed by atoms with Gasteiger partial charge in [0.05, 0.1) is 6.20 Å². The minimum atomic E-state index is 0.420. The van der Waals surface area contributed by atoms with Gasteiger partial charge in [-0.15, -0.1) is 0 Å². The quantitative estimate of drug-likeness (QED) is 0.886. The summed E-state index contributed by atoms with van der Waals surface area (Å²) in [7, 11) is 0. The third-order valence-electron chi connectivity index (χ3n) is 3.87. The van der Waals surface area contributed by atoms with Crippen molar-refractivity contribution in [3.63, 3.8) is 0 Å². The number of hydrogen-bond acceptors (Lipinski definition) is 2. The lowest BCUT2D eigenvalue weighted by Crippen LogP contribution is -2.16. The van der Waals surface area contributed by atoms with Crippen molar-refractivity contribution in [2.75, 3.05) is 6.54 Å². The Balaban J connectivity index is 2.11. The topological polar surface area (TPSA) is 43.8 Å². The molecule has 0 unspecified atom stereocenters. The van der Waals surface area contributed by atoms with Gasteiger partial charge in [-0.1, -0.05) is 30.9 Å². The molecule has 1 fully saturated rings. The number of aromatic nitrogens is 2. The standard InChI is InChI=1S/C15H25N3/c1-12(2)18-11-13(10-17-18)8-15(9-16)14-6-4-3-5-7-14/h8,10-12,14H,3-7,9,16H2,1-2H3/b15-8-. The minimum Gasteiger partial charge on any atom is -0.327 e. The van der Waals surface area contributed by atoms with Crippen molar-refractivity contribution in [3.8, 4) is 0 Å². The average Bonchev–Trinajstić information content (AvgIpc) is 2.86. The van der Waals surface area contributed by atoms with Crippen LogP contribution in [0, 0.1) is 5.92 Å². The zero-order valence-corrected chi connectivity index (χ0v) is 11.6. The molecular formula is C15H25N3. The fraction of sp³-hybridized carbons (Fsp3) is 0.667. The first-order valence-electron chi connectivity index (χ1n) is 7.15. The Morgan fingerprint density at radius 1 is 1.44 bits per heavy atom. The summed E-state index contributed by atoms with van der Waals surface area (Å²) in [4.78, 5) is 0. The van der Waals surface area contributed by atoms with E-state index in [1.807, 2.05) is 10.9 Å². The van der Waals surface area contributed by atoms with Gasteiger partial charge in [-0.2, -0.15) is 5.10 Å². The van der Waals surface area contributed by atoms with Gasteiger partial charge < -0.3 is 5.73 Å². The zero-order valence-electron chi connectivity index (χ0n) is 11.6. The van der Waals surface area contributed by atoms with E-state index in [9.17, 15) is 0 Å². The molecule has 0 bridgehead atoms. The van der Waals surface area contributed by atoms with Gasteiger partial charge in [0, 0.05) is 24.3 Å². The van der Waals surface area contributed by atoms with Crippen molar-refractivity contribution in [2.45, 2.75) is 52.0 Å². The molecule has 3 nitrogen and oxygen atoms in total. The van der Waals surface area contributed by atoms with Crippen LogP contribution >= 0.6 is 0 Å². The van der Waals surface area contributed by atoms with Gasteiger partial charge >= 0.3 is 0 Å². The third kappa shape index (κ3) is 3.22. The second kappa shape index (κ2) is 6.19. The van der Waals surface area contributed by atoms with Crippen molar-refractivity contribution < 1.29 is 0 Å². The Hall–Kier alpha value is -1.09. The summed E-state index contributed by atoms with van der Waals surface area (Å²) < 4.78 is 2.00. The van der Waals surface area contributed by atoms with Crippen LogP contribution in [0.15, 0.2) is 18.0 Å². The maximum atomic E-state index is 5.92. The van der Waals surface area contributed by atoms with Gasteiger partial charge in [0.15, 0.2) is 0 Å². The molecule has 1 saturated carbocycles. The predicted octanol–water partition coefficient (Wildman–Crippen LogP) is 3.39. The molecule has 0 amide bonds. The first kappa shape index (κ1) is 13.3. The van der Waals surface area contributed by atoms with Gasteiger partial charge in [-0.05, 0) is 32.6 Å². The van der Waals surface area contributed by atoms with Gasteiger partial charge in [0.1, 0.15) is 0 Å². The molecule has 1 aliphatic carbocycles. The molecule has 0 aliphatic heterocycles. The van der Waals surface area contributed by atoms with E-state index in [0.29, 0.717) is 18.5 Å². The fourth-order valence-electron chi connectivity index (χ4n) is 2.74. The van der Waals surface area contributed by atoms with Crippen molar-refractivity contribution in [1.29, 1.82) is 0 Å².